The maximum Gasteiger partial charge on any atom is 0.257 e. The van der Waals surface area contributed by atoms with Gasteiger partial charge in [-0.05, 0) is 43.2 Å². The van der Waals surface area contributed by atoms with E-state index in [1.807, 2.05) is 31.2 Å². The summed E-state index contributed by atoms with van der Waals surface area (Å²) >= 11 is 0. The summed E-state index contributed by atoms with van der Waals surface area (Å²) < 4.78 is 10.6. The van der Waals surface area contributed by atoms with Crippen molar-refractivity contribution in [2.24, 2.45) is 0 Å². The molecule has 3 rings (SSSR count). The number of carbonyl (C=O) groups excluding carboxylic acids is 3. The van der Waals surface area contributed by atoms with Gasteiger partial charge in [0, 0.05) is 13.5 Å². The molecule has 0 saturated carbocycles. The number of ether oxygens (including phenoxy) is 2. The summed E-state index contributed by atoms with van der Waals surface area (Å²) in [5.41, 5.74) is 2.50. The molecule has 1 aliphatic rings. The van der Waals surface area contributed by atoms with Crippen LogP contribution in [-0.2, 0) is 20.8 Å². The predicted octanol–water partition coefficient (Wildman–Crippen LogP) is 2.74. The first-order valence-electron chi connectivity index (χ1n) is 9.77. The average molecular weight is 410 g/mol. The molecule has 2 aromatic rings. The Labute approximate surface area is 176 Å². The summed E-state index contributed by atoms with van der Waals surface area (Å²) in [6, 6.07) is 11.9. The molecule has 7 nitrogen and oxygen atoms in total. The normalized spacial score (nSPS) is 16.0. The average Bonchev–Trinajstić information content (AvgIpc) is 3.02. The molecule has 0 radical (unpaired) electrons. The van der Waals surface area contributed by atoms with E-state index in [1.165, 1.54) is 16.7 Å². The summed E-state index contributed by atoms with van der Waals surface area (Å²) in [6.07, 6.45) is 0.501. The summed E-state index contributed by atoms with van der Waals surface area (Å²) in [4.78, 5) is 40.6. The minimum Gasteiger partial charge on any atom is -0.493 e. The van der Waals surface area contributed by atoms with Gasteiger partial charge < -0.3 is 14.4 Å². The first-order valence-corrected chi connectivity index (χ1v) is 9.77. The highest BCUT2D eigenvalue weighted by molar-refractivity contribution is 6.23. The Balaban J connectivity index is 1.76. The Morgan fingerprint density at radius 3 is 2.33 bits per heavy atom. The van der Waals surface area contributed by atoms with Crippen molar-refractivity contribution < 1.29 is 23.9 Å². The fourth-order valence-corrected chi connectivity index (χ4v) is 3.64. The molecule has 1 aliphatic heterocycles. The number of imide groups is 1. The maximum atomic E-state index is 13.0. The number of carbonyl (C=O) groups is 3. The van der Waals surface area contributed by atoms with E-state index in [4.69, 9.17) is 9.47 Å². The zero-order chi connectivity index (χ0) is 21.8. The van der Waals surface area contributed by atoms with Crippen LogP contribution in [0.2, 0.25) is 0 Å². The third kappa shape index (κ3) is 4.30. The van der Waals surface area contributed by atoms with E-state index in [1.54, 1.807) is 32.4 Å². The second-order valence-electron chi connectivity index (χ2n) is 7.27. The molecule has 158 valence electrons. The van der Waals surface area contributed by atoms with E-state index < -0.39 is 6.04 Å². The van der Waals surface area contributed by atoms with Crippen molar-refractivity contribution in [3.63, 3.8) is 0 Å². The highest BCUT2D eigenvalue weighted by Gasteiger charge is 2.43. The first-order chi connectivity index (χ1) is 14.3. The number of rotatable bonds is 7. The smallest absolute Gasteiger partial charge is 0.257 e. The maximum absolute atomic E-state index is 13.0. The third-order valence-corrected chi connectivity index (χ3v) is 5.29. The molecule has 1 unspecified atom stereocenters. The molecule has 0 bridgehead atoms. The van der Waals surface area contributed by atoms with Crippen molar-refractivity contribution in [2.45, 2.75) is 32.7 Å². The molecule has 30 heavy (non-hydrogen) atoms. The first kappa shape index (κ1) is 21.4. The van der Waals surface area contributed by atoms with Gasteiger partial charge in [-0.2, -0.15) is 0 Å². The summed E-state index contributed by atoms with van der Waals surface area (Å²) in [7, 11) is 3.13. The Hall–Kier alpha value is -3.35. The van der Waals surface area contributed by atoms with Crippen LogP contribution in [0, 0.1) is 6.92 Å². The van der Waals surface area contributed by atoms with Crippen LogP contribution in [-0.4, -0.2) is 49.4 Å². The second-order valence-corrected chi connectivity index (χ2v) is 7.27. The minimum absolute atomic E-state index is 0.0157. The number of nitrogens with zero attached hydrogens (tertiary/aromatic N) is 2. The molecule has 3 amide bonds. The van der Waals surface area contributed by atoms with E-state index in [9.17, 15) is 14.4 Å². The number of anilines is 1. The van der Waals surface area contributed by atoms with Crippen LogP contribution < -0.4 is 14.4 Å². The van der Waals surface area contributed by atoms with E-state index in [0.29, 0.717) is 30.2 Å². The third-order valence-electron chi connectivity index (χ3n) is 5.29. The van der Waals surface area contributed by atoms with Gasteiger partial charge in [0.15, 0.2) is 11.5 Å². The van der Waals surface area contributed by atoms with Gasteiger partial charge in [-0.3, -0.25) is 14.4 Å². The fraction of sp³-hybridized carbons (Fsp3) is 0.348. The molecule has 1 saturated heterocycles. The van der Waals surface area contributed by atoms with Crippen molar-refractivity contribution in [3.05, 3.63) is 53.6 Å². The molecule has 1 fully saturated rings. The standard InChI is InChI=1S/C23H26N2O5/c1-15-5-8-18(9-6-15)25-22(27)14-19(23(25)28)24(16(2)26)12-11-17-7-10-20(29-3)21(13-17)30-4/h5-10,13,19H,11-12,14H2,1-4H3. The molecule has 0 aromatic heterocycles. The van der Waals surface area contributed by atoms with Gasteiger partial charge >= 0.3 is 0 Å². The zero-order valence-electron chi connectivity index (χ0n) is 17.7. The number of methoxy groups -OCH3 is 2. The molecule has 0 aliphatic carbocycles. The molecule has 1 heterocycles. The lowest BCUT2D eigenvalue weighted by Crippen LogP contribution is -2.45. The Bertz CT molecular complexity index is 955. The van der Waals surface area contributed by atoms with Crippen LogP contribution in [0.5, 0.6) is 11.5 Å². The van der Waals surface area contributed by atoms with Gasteiger partial charge in [-0.1, -0.05) is 23.8 Å². The highest BCUT2D eigenvalue weighted by Crippen LogP contribution is 2.29. The van der Waals surface area contributed by atoms with Crippen LogP contribution in [0.15, 0.2) is 42.5 Å². The summed E-state index contributed by atoms with van der Waals surface area (Å²) in [6.45, 7) is 3.67. The number of hydrogen-bond donors (Lipinski definition) is 0. The lowest BCUT2D eigenvalue weighted by molar-refractivity contribution is -0.136. The highest BCUT2D eigenvalue weighted by atomic mass is 16.5. The predicted molar refractivity (Wildman–Crippen MR) is 113 cm³/mol. The molecule has 2 aromatic carbocycles. The molecule has 1 atom stereocenters. The minimum atomic E-state index is -0.795. The number of hydrogen-bond acceptors (Lipinski definition) is 5. The van der Waals surface area contributed by atoms with Crippen molar-refractivity contribution in [3.8, 4) is 11.5 Å². The quantitative estimate of drug-likeness (QED) is 0.656. The van der Waals surface area contributed by atoms with Crippen LogP contribution >= 0.6 is 0 Å². The Morgan fingerprint density at radius 1 is 1.07 bits per heavy atom. The lowest BCUT2D eigenvalue weighted by Gasteiger charge is -2.26. The largest absolute Gasteiger partial charge is 0.493 e. The van der Waals surface area contributed by atoms with Gasteiger partial charge in [-0.25, -0.2) is 4.90 Å². The fourth-order valence-electron chi connectivity index (χ4n) is 3.64. The molecule has 0 N–H and O–H groups in total. The van der Waals surface area contributed by atoms with E-state index >= 15 is 0 Å². The van der Waals surface area contributed by atoms with Crippen molar-refractivity contribution in [2.75, 3.05) is 25.7 Å². The molecule has 7 heteroatoms. The lowest BCUT2D eigenvalue weighted by atomic mass is 10.1. The Kier molecular flexibility index (Phi) is 6.40. The second kappa shape index (κ2) is 8.98. The van der Waals surface area contributed by atoms with Gasteiger partial charge in [0.05, 0.1) is 26.3 Å². The van der Waals surface area contributed by atoms with Gasteiger partial charge in [0.1, 0.15) is 6.04 Å². The molecule has 0 spiro atoms. The number of amides is 3. The van der Waals surface area contributed by atoms with Gasteiger partial charge in [-0.15, -0.1) is 0 Å². The van der Waals surface area contributed by atoms with Crippen molar-refractivity contribution in [1.82, 2.24) is 4.90 Å². The topological polar surface area (TPSA) is 76.2 Å². The van der Waals surface area contributed by atoms with Gasteiger partial charge in [0.25, 0.3) is 5.91 Å². The SMILES string of the molecule is COc1ccc(CCN(C(C)=O)C2CC(=O)N(c3ccc(C)cc3)C2=O)cc1OC. The van der Waals surface area contributed by atoms with Crippen molar-refractivity contribution >= 4 is 23.4 Å². The summed E-state index contributed by atoms with van der Waals surface area (Å²) in [5, 5.41) is 0. The molecular formula is C23H26N2O5. The van der Waals surface area contributed by atoms with Gasteiger partial charge in [0.2, 0.25) is 11.8 Å². The Morgan fingerprint density at radius 2 is 1.73 bits per heavy atom. The number of aryl methyl sites for hydroxylation is 1. The number of benzene rings is 2. The molecular weight excluding hydrogens is 384 g/mol. The van der Waals surface area contributed by atoms with Crippen LogP contribution in [0.3, 0.4) is 0 Å². The van der Waals surface area contributed by atoms with Crippen molar-refractivity contribution in [1.29, 1.82) is 0 Å². The van der Waals surface area contributed by atoms with E-state index in [2.05, 4.69) is 0 Å². The zero-order valence-corrected chi connectivity index (χ0v) is 17.7. The van der Waals surface area contributed by atoms with Crippen LogP contribution in [0.25, 0.3) is 0 Å². The van der Waals surface area contributed by atoms with Crippen LogP contribution in [0.1, 0.15) is 24.5 Å². The monoisotopic (exact) mass is 410 g/mol. The van der Waals surface area contributed by atoms with E-state index in [0.717, 1.165) is 11.1 Å². The van der Waals surface area contributed by atoms with Crippen LogP contribution in [0.4, 0.5) is 5.69 Å². The summed E-state index contributed by atoms with van der Waals surface area (Å²) in [5.74, 6) is 0.307. The van der Waals surface area contributed by atoms with E-state index in [-0.39, 0.29) is 24.1 Å².